The van der Waals surface area contributed by atoms with E-state index in [1.54, 1.807) is 0 Å². The lowest BCUT2D eigenvalue weighted by Crippen LogP contribution is -2.53. The molecule has 0 radical (unpaired) electrons. The van der Waals surface area contributed by atoms with Gasteiger partial charge in [-0.2, -0.15) is 0 Å². The average molecular weight is 316 g/mol. The van der Waals surface area contributed by atoms with Crippen molar-refractivity contribution in [2.75, 3.05) is 31.6 Å². The van der Waals surface area contributed by atoms with E-state index >= 15 is 0 Å². The van der Waals surface area contributed by atoms with Crippen LogP contribution in [0.25, 0.3) is 0 Å². The van der Waals surface area contributed by atoms with E-state index in [0.717, 1.165) is 5.56 Å². The largest absolute Gasteiger partial charge is 0.378 e. The summed E-state index contributed by atoms with van der Waals surface area (Å²) in [6.45, 7) is 4.46. The highest BCUT2D eigenvalue weighted by Gasteiger charge is 2.29. The third-order valence-electron chi connectivity index (χ3n) is 3.81. The second kappa shape index (κ2) is 6.78. The Labute approximate surface area is 134 Å². The summed E-state index contributed by atoms with van der Waals surface area (Å²) >= 11 is 0. The molecule has 2 amide bonds. The number of carbonyl (C=O) groups excluding carboxylic acids is 2. The Bertz CT molecular complexity index is 638. The van der Waals surface area contributed by atoms with E-state index in [1.165, 1.54) is 0 Å². The molecule has 0 aliphatic carbocycles. The Morgan fingerprint density at radius 1 is 1.39 bits per heavy atom. The van der Waals surface area contributed by atoms with E-state index in [-0.39, 0.29) is 18.2 Å². The first-order chi connectivity index (χ1) is 11.1. The number of nitrogens with one attached hydrogen (secondary N) is 2. The lowest BCUT2D eigenvalue weighted by molar-refractivity contribution is -0.125. The molecule has 2 heterocycles. The minimum atomic E-state index is -0.706. The molecule has 1 unspecified atom stereocenters. The molecule has 2 aliphatic heterocycles. The Kier molecular flexibility index (Phi) is 4.57. The molecule has 1 saturated heterocycles. The lowest BCUT2D eigenvalue weighted by Gasteiger charge is -2.32. The van der Waals surface area contributed by atoms with Crippen LogP contribution in [0.15, 0.2) is 29.3 Å². The lowest BCUT2D eigenvalue weighted by atomic mass is 10.1. The van der Waals surface area contributed by atoms with Gasteiger partial charge in [0.05, 0.1) is 19.6 Å². The summed E-state index contributed by atoms with van der Waals surface area (Å²) in [5, 5.41) is 5.57. The zero-order valence-corrected chi connectivity index (χ0v) is 13.0. The summed E-state index contributed by atoms with van der Waals surface area (Å²) < 4.78 is 5.29. The van der Waals surface area contributed by atoms with E-state index in [2.05, 4.69) is 15.6 Å². The number of hydrogen-bond acceptors (Lipinski definition) is 5. The molecule has 2 aliphatic rings. The van der Waals surface area contributed by atoms with Crippen LogP contribution in [0.2, 0.25) is 0 Å². The van der Waals surface area contributed by atoms with Crippen molar-refractivity contribution in [3.8, 4) is 0 Å². The third kappa shape index (κ3) is 3.87. The number of carbonyl (C=O) groups is 2. The molecular formula is C16H20N4O3. The Morgan fingerprint density at radius 3 is 2.91 bits per heavy atom. The predicted octanol–water partition coefficient (Wildman–Crippen LogP) is 0.510. The molecule has 1 aromatic carbocycles. The molecule has 1 fully saturated rings. The number of aryl methyl sites for hydroxylation is 1. The first-order valence-electron chi connectivity index (χ1n) is 7.70. The number of rotatable bonds is 2. The van der Waals surface area contributed by atoms with E-state index in [0.29, 0.717) is 38.0 Å². The molecule has 122 valence electrons. The zero-order valence-electron chi connectivity index (χ0n) is 13.0. The first kappa shape index (κ1) is 15.5. The molecule has 7 nitrogen and oxygen atoms in total. The zero-order chi connectivity index (χ0) is 16.2. The van der Waals surface area contributed by atoms with Crippen LogP contribution < -0.4 is 10.6 Å². The number of morpholine rings is 1. The van der Waals surface area contributed by atoms with Gasteiger partial charge in [0.15, 0.2) is 0 Å². The average Bonchev–Trinajstić information content (AvgIpc) is 2.55. The van der Waals surface area contributed by atoms with Crippen LogP contribution in [0, 0.1) is 6.92 Å². The standard InChI is InChI=1S/C16H20N4O3/c1-11-3-2-4-12(9-11)17-15(22)13-10-14(21)19-16(18-13)20-5-7-23-8-6-20/h2-4,9,13H,5-8,10H2,1H3,(H,17,22)(H,18,19,21). The fourth-order valence-electron chi connectivity index (χ4n) is 2.61. The van der Waals surface area contributed by atoms with Gasteiger partial charge in [0, 0.05) is 18.8 Å². The van der Waals surface area contributed by atoms with Crippen LogP contribution in [-0.2, 0) is 14.3 Å². The minimum Gasteiger partial charge on any atom is -0.378 e. The summed E-state index contributed by atoms with van der Waals surface area (Å²) in [6, 6.07) is 6.83. The van der Waals surface area contributed by atoms with Crippen LogP contribution in [0.1, 0.15) is 12.0 Å². The summed E-state index contributed by atoms with van der Waals surface area (Å²) in [5.41, 5.74) is 1.77. The first-order valence-corrected chi connectivity index (χ1v) is 7.70. The Balaban J connectivity index is 1.72. The smallest absolute Gasteiger partial charge is 0.249 e. The topological polar surface area (TPSA) is 83.0 Å². The highest BCUT2D eigenvalue weighted by molar-refractivity contribution is 6.05. The van der Waals surface area contributed by atoms with Gasteiger partial charge in [0.1, 0.15) is 6.04 Å². The third-order valence-corrected chi connectivity index (χ3v) is 3.81. The van der Waals surface area contributed by atoms with Crippen molar-refractivity contribution >= 4 is 23.5 Å². The van der Waals surface area contributed by atoms with E-state index in [9.17, 15) is 9.59 Å². The Morgan fingerprint density at radius 2 is 2.17 bits per heavy atom. The molecule has 7 heteroatoms. The van der Waals surface area contributed by atoms with Crippen molar-refractivity contribution in [1.29, 1.82) is 0 Å². The second-order valence-electron chi connectivity index (χ2n) is 5.68. The van der Waals surface area contributed by atoms with E-state index < -0.39 is 6.04 Å². The van der Waals surface area contributed by atoms with Crippen molar-refractivity contribution in [2.45, 2.75) is 19.4 Å². The second-order valence-corrected chi connectivity index (χ2v) is 5.68. The molecule has 23 heavy (non-hydrogen) atoms. The molecule has 0 aromatic heterocycles. The molecule has 0 bridgehead atoms. The monoisotopic (exact) mass is 316 g/mol. The number of amides is 2. The maximum atomic E-state index is 12.4. The number of aliphatic imine (C=N–C) groups is 1. The predicted molar refractivity (Wildman–Crippen MR) is 86.2 cm³/mol. The van der Waals surface area contributed by atoms with Crippen molar-refractivity contribution in [1.82, 2.24) is 10.2 Å². The van der Waals surface area contributed by atoms with Gasteiger partial charge in [0.2, 0.25) is 17.8 Å². The van der Waals surface area contributed by atoms with Crippen LogP contribution in [0.5, 0.6) is 0 Å². The van der Waals surface area contributed by atoms with Gasteiger partial charge >= 0.3 is 0 Å². The van der Waals surface area contributed by atoms with Gasteiger partial charge in [-0.25, -0.2) is 4.99 Å². The van der Waals surface area contributed by atoms with Crippen LogP contribution in [-0.4, -0.2) is 55.0 Å². The fraction of sp³-hybridized carbons (Fsp3) is 0.438. The highest BCUT2D eigenvalue weighted by atomic mass is 16.5. The van der Waals surface area contributed by atoms with Crippen molar-refractivity contribution < 1.29 is 14.3 Å². The summed E-state index contributed by atoms with van der Waals surface area (Å²) in [6.07, 6.45) is 0.0610. The molecule has 0 saturated carbocycles. The van der Waals surface area contributed by atoms with Gasteiger partial charge in [-0.05, 0) is 24.6 Å². The molecule has 2 N–H and O–H groups in total. The van der Waals surface area contributed by atoms with Gasteiger partial charge in [-0.1, -0.05) is 12.1 Å². The molecular weight excluding hydrogens is 296 g/mol. The van der Waals surface area contributed by atoms with Gasteiger partial charge in [0.25, 0.3) is 0 Å². The molecule has 1 atom stereocenters. The number of anilines is 1. The normalized spacial score (nSPS) is 21.4. The number of guanidine groups is 1. The van der Waals surface area contributed by atoms with Gasteiger partial charge < -0.3 is 15.0 Å². The molecule has 0 spiro atoms. The Hall–Kier alpha value is -2.41. The fourth-order valence-corrected chi connectivity index (χ4v) is 2.61. The van der Waals surface area contributed by atoms with Gasteiger partial charge in [-0.3, -0.25) is 14.9 Å². The van der Waals surface area contributed by atoms with Crippen LogP contribution >= 0.6 is 0 Å². The van der Waals surface area contributed by atoms with E-state index in [1.807, 2.05) is 36.1 Å². The quantitative estimate of drug-likeness (QED) is 0.833. The number of ether oxygens (including phenoxy) is 1. The van der Waals surface area contributed by atoms with Crippen molar-refractivity contribution in [2.24, 2.45) is 4.99 Å². The molecule has 1 aromatic rings. The molecule has 3 rings (SSSR count). The van der Waals surface area contributed by atoms with Gasteiger partial charge in [-0.15, -0.1) is 0 Å². The summed E-state index contributed by atoms with van der Waals surface area (Å²) in [5.74, 6) is 0.0102. The van der Waals surface area contributed by atoms with Crippen molar-refractivity contribution in [3.63, 3.8) is 0 Å². The summed E-state index contributed by atoms with van der Waals surface area (Å²) in [4.78, 5) is 30.7. The number of hydrogen-bond donors (Lipinski definition) is 2. The summed E-state index contributed by atoms with van der Waals surface area (Å²) in [7, 11) is 0. The number of nitrogens with zero attached hydrogens (tertiary/aromatic N) is 2. The number of benzene rings is 1. The SMILES string of the molecule is Cc1cccc(NC(=O)C2CC(=O)NC(N3CCOCC3)=N2)c1. The van der Waals surface area contributed by atoms with E-state index in [4.69, 9.17) is 4.74 Å². The minimum absolute atomic E-state index is 0.0610. The van der Waals surface area contributed by atoms with Crippen LogP contribution in [0.3, 0.4) is 0 Å². The maximum absolute atomic E-state index is 12.4. The maximum Gasteiger partial charge on any atom is 0.249 e. The van der Waals surface area contributed by atoms with Crippen molar-refractivity contribution in [3.05, 3.63) is 29.8 Å². The highest BCUT2D eigenvalue weighted by Crippen LogP contribution is 2.13. The van der Waals surface area contributed by atoms with Crippen LogP contribution in [0.4, 0.5) is 5.69 Å².